The Hall–Kier alpha value is -3.62. The molecule has 0 radical (unpaired) electrons. The van der Waals surface area contributed by atoms with E-state index < -0.39 is 6.04 Å². The maximum atomic E-state index is 14.4. The zero-order valence-electron chi connectivity index (χ0n) is 19.9. The fourth-order valence-electron chi connectivity index (χ4n) is 3.45. The van der Waals surface area contributed by atoms with Crippen LogP contribution in [0.1, 0.15) is 30.5 Å². The van der Waals surface area contributed by atoms with E-state index in [0.29, 0.717) is 29.4 Å². The number of halogens is 1. The van der Waals surface area contributed by atoms with E-state index in [1.165, 1.54) is 17.4 Å². The first-order chi connectivity index (χ1) is 17.1. The van der Waals surface area contributed by atoms with E-state index in [1.54, 1.807) is 24.5 Å². The summed E-state index contributed by atoms with van der Waals surface area (Å²) in [6.45, 7) is 4.56. The number of nitrogens with one attached hydrogen (secondary N) is 2. The van der Waals surface area contributed by atoms with Crippen molar-refractivity contribution in [3.8, 4) is 11.3 Å². The number of pyridine rings is 1. The summed E-state index contributed by atoms with van der Waals surface area (Å²) in [7, 11) is 0. The topological polar surface area (TPSA) is 92.9 Å². The number of thiazole rings is 1. The summed E-state index contributed by atoms with van der Waals surface area (Å²) in [5, 5.41) is 8.46. The van der Waals surface area contributed by atoms with Crippen molar-refractivity contribution in [1.82, 2.24) is 20.6 Å². The number of carbonyl (C=O) groups is 1. The molecular weight excluding hydrogens is 461 g/mol. The molecule has 1 amide bonds. The van der Waals surface area contributed by atoms with Gasteiger partial charge in [0.05, 0.1) is 11.7 Å². The number of rotatable bonds is 9. The highest BCUT2D eigenvalue weighted by Crippen LogP contribution is 2.25. The summed E-state index contributed by atoms with van der Waals surface area (Å²) in [5.74, 6) is -0.587. The van der Waals surface area contributed by atoms with Crippen LogP contribution >= 0.6 is 11.3 Å². The largest absolute Gasteiger partial charge is 0.375 e. The molecule has 182 valence electrons. The molecule has 1 atom stereocenters. The third kappa shape index (κ3) is 7.70. The summed E-state index contributed by atoms with van der Waals surface area (Å²) >= 11 is 1.33. The Balaban J connectivity index is 0.00000167. The molecule has 0 spiro atoms. The molecule has 2 heterocycles. The predicted molar refractivity (Wildman–Crippen MR) is 140 cm³/mol. The van der Waals surface area contributed by atoms with Crippen LogP contribution in [0.15, 0.2) is 78.4 Å². The van der Waals surface area contributed by atoms with Gasteiger partial charge >= 0.3 is 0 Å². The van der Waals surface area contributed by atoms with E-state index in [9.17, 15) is 9.18 Å². The van der Waals surface area contributed by atoms with Crippen LogP contribution in [0.2, 0.25) is 0 Å². The van der Waals surface area contributed by atoms with Gasteiger partial charge in [-0.3, -0.25) is 9.78 Å². The molecule has 6 nitrogen and oxygen atoms in total. The van der Waals surface area contributed by atoms with Crippen LogP contribution in [-0.2, 0) is 24.3 Å². The lowest BCUT2D eigenvalue weighted by Gasteiger charge is -2.19. The molecule has 4 aromatic rings. The quantitative estimate of drug-likeness (QED) is 0.307. The zero-order valence-corrected chi connectivity index (χ0v) is 20.7. The maximum Gasteiger partial charge on any atom is 0.237 e. The van der Waals surface area contributed by atoms with Gasteiger partial charge in [-0.2, -0.15) is 0 Å². The minimum Gasteiger partial charge on any atom is -0.375 e. The molecule has 2 aromatic heterocycles. The number of hydrogen-bond acceptors (Lipinski definition) is 6. The van der Waals surface area contributed by atoms with Crippen molar-refractivity contribution >= 4 is 22.4 Å². The van der Waals surface area contributed by atoms with Gasteiger partial charge in [-0.05, 0) is 41.8 Å². The van der Waals surface area contributed by atoms with Crippen LogP contribution < -0.4 is 16.4 Å². The fourth-order valence-corrected chi connectivity index (χ4v) is 4.02. The van der Waals surface area contributed by atoms with Crippen LogP contribution in [0.5, 0.6) is 0 Å². The SMILES string of the molecule is CC.Nc1nc(-c2ccc(F)c(CNC(=O)C(Cc3ccccc3)NCc3cccnc3)c2)cs1. The van der Waals surface area contributed by atoms with Crippen LogP contribution in [0.25, 0.3) is 11.3 Å². The number of nitrogens with two attached hydrogens (primary N) is 1. The molecule has 0 aliphatic rings. The average molecular weight is 492 g/mol. The first kappa shape index (κ1) is 26.0. The normalized spacial score (nSPS) is 11.3. The van der Waals surface area contributed by atoms with Crippen molar-refractivity contribution in [1.29, 1.82) is 0 Å². The Bertz CT molecular complexity index is 1200. The second-order valence-electron chi connectivity index (χ2n) is 7.58. The van der Waals surface area contributed by atoms with Crippen LogP contribution in [-0.4, -0.2) is 21.9 Å². The van der Waals surface area contributed by atoms with Crippen LogP contribution in [0, 0.1) is 5.82 Å². The second kappa shape index (κ2) is 13.3. The lowest BCUT2D eigenvalue weighted by Crippen LogP contribution is -2.45. The highest BCUT2D eigenvalue weighted by molar-refractivity contribution is 7.13. The highest BCUT2D eigenvalue weighted by Gasteiger charge is 2.19. The maximum absolute atomic E-state index is 14.4. The van der Waals surface area contributed by atoms with Crippen molar-refractivity contribution in [2.45, 2.75) is 39.4 Å². The molecule has 35 heavy (non-hydrogen) atoms. The standard InChI is InChI=1S/C25H24FN5OS.C2H6/c26-21-9-8-19(23-16-33-25(27)31-23)12-20(21)15-30-24(32)22(11-17-5-2-1-3-6-17)29-14-18-7-4-10-28-13-18;1-2/h1-10,12-13,16,22,29H,11,14-15H2,(H2,27,31)(H,30,32);1-2H3. The smallest absolute Gasteiger partial charge is 0.237 e. The number of carbonyl (C=O) groups excluding carboxylic acids is 1. The van der Waals surface area contributed by atoms with Crippen molar-refractivity contribution in [3.05, 3.63) is 101 Å². The van der Waals surface area contributed by atoms with Gasteiger partial charge < -0.3 is 16.4 Å². The fraction of sp³-hybridized carbons (Fsp3) is 0.222. The minimum atomic E-state index is -0.489. The molecule has 4 N–H and O–H groups in total. The zero-order chi connectivity index (χ0) is 25.0. The number of nitrogens with zero attached hydrogens (tertiary/aromatic N) is 2. The lowest BCUT2D eigenvalue weighted by molar-refractivity contribution is -0.123. The number of anilines is 1. The summed E-state index contributed by atoms with van der Waals surface area (Å²) in [6.07, 6.45) is 3.98. The monoisotopic (exact) mass is 491 g/mol. The third-order valence-corrected chi connectivity index (χ3v) is 5.86. The molecule has 0 fully saturated rings. The van der Waals surface area contributed by atoms with Gasteiger partial charge in [0.25, 0.3) is 0 Å². The van der Waals surface area contributed by atoms with Gasteiger partial charge in [-0.25, -0.2) is 9.37 Å². The Kier molecular flexibility index (Phi) is 9.89. The average Bonchev–Trinajstić information content (AvgIpc) is 3.34. The van der Waals surface area contributed by atoms with E-state index in [4.69, 9.17) is 5.73 Å². The molecule has 0 saturated carbocycles. The van der Waals surface area contributed by atoms with E-state index in [2.05, 4.69) is 20.6 Å². The van der Waals surface area contributed by atoms with Crippen molar-refractivity contribution in [2.75, 3.05) is 5.73 Å². The van der Waals surface area contributed by atoms with E-state index in [0.717, 1.165) is 16.7 Å². The minimum absolute atomic E-state index is 0.0674. The molecule has 0 saturated heterocycles. The molecular formula is C27H30FN5OS. The molecule has 4 rings (SSSR count). The summed E-state index contributed by atoms with van der Waals surface area (Å²) in [5.41, 5.74) is 9.55. The van der Waals surface area contributed by atoms with Gasteiger partial charge in [0.2, 0.25) is 5.91 Å². The first-order valence-corrected chi connectivity index (χ1v) is 12.4. The van der Waals surface area contributed by atoms with Crippen LogP contribution in [0.4, 0.5) is 9.52 Å². The number of amides is 1. The Morgan fingerprint density at radius 2 is 1.83 bits per heavy atom. The van der Waals surface area contributed by atoms with Crippen molar-refractivity contribution in [2.24, 2.45) is 0 Å². The van der Waals surface area contributed by atoms with Gasteiger partial charge in [-0.15, -0.1) is 11.3 Å². The van der Waals surface area contributed by atoms with E-state index >= 15 is 0 Å². The highest BCUT2D eigenvalue weighted by atomic mass is 32.1. The molecule has 0 bridgehead atoms. The van der Waals surface area contributed by atoms with Crippen molar-refractivity contribution in [3.63, 3.8) is 0 Å². The first-order valence-electron chi connectivity index (χ1n) is 11.5. The Morgan fingerprint density at radius 1 is 1.06 bits per heavy atom. The van der Waals surface area contributed by atoms with E-state index in [-0.39, 0.29) is 18.3 Å². The number of hydrogen-bond donors (Lipinski definition) is 3. The molecule has 1 unspecified atom stereocenters. The molecule has 0 aliphatic heterocycles. The summed E-state index contributed by atoms with van der Waals surface area (Å²) in [4.78, 5) is 21.4. The van der Waals surface area contributed by atoms with Gasteiger partial charge in [0.15, 0.2) is 5.13 Å². The number of benzene rings is 2. The van der Waals surface area contributed by atoms with Crippen LogP contribution in [0.3, 0.4) is 0 Å². The van der Waals surface area contributed by atoms with Gasteiger partial charge in [-0.1, -0.05) is 50.2 Å². The number of aromatic nitrogens is 2. The molecule has 2 aromatic carbocycles. The summed E-state index contributed by atoms with van der Waals surface area (Å²) in [6, 6.07) is 17.8. The van der Waals surface area contributed by atoms with Gasteiger partial charge in [0, 0.05) is 42.0 Å². The Labute approximate surface area is 209 Å². The van der Waals surface area contributed by atoms with E-state index in [1.807, 2.05) is 61.7 Å². The lowest BCUT2D eigenvalue weighted by atomic mass is 10.0. The predicted octanol–water partition coefficient (Wildman–Crippen LogP) is 4.97. The third-order valence-electron chi connectivity index (χ3n) is 5.19. The number of nitrogen functional groups attached to an aromatic ring is 1. The molecule has 0 aliphatic carbocycles. The van der Waals surface area contributed by atoms with Gasteiger partial charge in [0.1, 0.15) is 5.82 Å². The molecule has 8 heteroatoms. The Morgan fingerprint density at radius 3 is 2.51 bits per heavy atom. The van der Waals surface area contributed by atoms with Crippen molar-refractivity contribution < 1.29 is 9.18 Å². The second-order valence-corrected chi connectivity index (χ2v) is 8.47. The summed E-state index contributed by atoms with van der Waals surface area (Å²) < 4.78 is 14.4.